The zero-order chi connectivity index (χ0) is 14.8. The SMILES string of the molecule is CC(C)(C)NCc1nccn1Cc1cccc(F)c1Cl. The summed E-state index contributed by atoms with van der Waals surface area (Å²) in [5.74, 6) is 0.513. The molecule has 1 N–H and O–H groups in total. The van der Waals surface area contributed by atoms with Crippen LogP contribution >= 0.6 is 11.6 Å². The second kappa shape index (κ2) is 5.94. The van der Waals surface area contributed by atoms with Crippen molar-refractivity contribution in [3.8, 4) is 0 Å². The first-order valence-electron chi connectivity index (χ1n) is 6.55. The van der Waals surface area contributed by atoms with E-state index in [1.54, 1.807) is 12.3 Å². The Morgan fingerprint density at radius 1 is 1.35 bits per heavy atom. The van der Waals surface area contributed by atoms with Crippen molar-refractivity contribution in [3.05, 3.63) is 52.8 Å². The molecule has 0 atom stereocenters. The lowest BCUT2D eigenvalue weighted by Gasteiger charge is -2.20. The maximum absolute atomic E-state index is 13.4. The Balaban J connectivity index is 2.14. The highest BCUT2D eigenvalue weighted by atomic mass is 35.5. The van der Waals surface area contributed by atoms with Crippen LogP contribution in [-0.2, 0) is 13.1 Å². The first-order valence-corrected chi connectivity index (χ1v) is 6.92. The van der Waals surface area contributed by atoms with Gasteiger partial charge in [-0.1, -0.05) is 23.7 Å². The molecule has 2 aromatic rings. The number of hydrogen-bond donors (Lipinski definition) is 1. The highest BCUT2D eigenvalue weighted by Gasteiger charge is 2.12. The zero-order valence-corrected chi connectivity index (χ0v) is 12.7. The molecule has 108 valence electrons. The largest absolute Gasteiger partial charge is 0.329 e. The summed E-state index contributed by atoms with van der Waals surface area (Å²) in [5.41, 5.74) is 0.773. The van der Waals surface area contributed by atoms with E-state index in [1.165, 1.54) is 6.07 Å². The van der Waals surface area contributed by atoms with Gasteiger partial charge in [-0.15, -0.1) is 0 Å². The van der Waals surface area contributed by atoms with Crippen LogP contribution in [0, 0.1) is 5.82 Å². The molecule has 20 heavy (non-hydrogen) atoms. The fourth-order valence-electron chi connectivity index (χ4n) is 1.85. The highest BCUT2D eigenvalue weighted by molar-refractivity contribution is 6.31. The molecule has 0 spiro atoms. The maximum atomic E-state index is 13.4. The highest BCUT2D eigenvalue weighted by Crippen LogP contribution is 2.21. The minimum atomic E-state index is -0.390. The van der Waals surface area contributed by atoms with Gasteiger partial charge in [0.15, 0.2) is 0 Å². The van der Waals surface area contributed by atoms with E-state index in [-0.39, 0.29) is 10.6 Å². The van der Waals surface area contributed by atoms with Crippen molar-refractivity contribution in [2.24, 2.45) is 0 Å². The average Bonchev–Trinajstić information content (AvgIpc) is 2.79. The topological polar surface area (TPSA) is 29.9 Å². The monoisotopic (exact) mass is 295 g/mol. The number of rotatable bonds is 4. The Hall–Kier alpha value is -1.39. The number of halogens is 2. The zero-order valence-electron chi connectivity index (χ0n) is 12.0. The van der Waals surface area contributed by atoms with Crippen molar-refractivity contribution in [2.75, 3.05) is 0 Å². The van der Waals surface area contributed by atoms with E-state index < -0.39 is 5.82 Å². The fourth-order valence-corrected chi connectivity index (χ4v) is 2.04. The predicted octanol–water partition coefficient (Wildman–Crippen LogP) is 3.61. The third-order valence-electron chi connectivity index (χ3n) is 2.95. The van der Waals surface area contributed by atoms with E-state index in [9.17, 15) is 4.39 Å². The van der Waals surface area contributed by atoms with Gasteiger partial charge in [-0.3, -0.25) is 0 Å². The molecule has 2 rings (SSSR count). The van der Waals surface area contributed by atoms with Crippen molar-refractivity contribution >= 4 is 11.6 Å². The van der Waals surface area contributed by atoms with Crippen molar-refractivity contribution in [1.29, 1.82) is 0 Å². The average molecular weight is 296 g/mol. The van der Waals surface area contributed by atoms with Crippen LogP contribution in [0.25, 0.3) is 0 Å². The third kappa shape index (κ3) is 3.81. The van der Waals surface area contributed by atoms with Crippen LogP contribution in [0.3, 0.4) is 0 Å². The van der Waals surface area contributed by atoms with Crippen LogP contribution in [0.5, 0.6) is 0 Å². The fraction of sp³-hybridized carbons (Fsp3) is 0.400. The second-order valence-corrected chi connectivity index (χ2v) is 6.17. The Kier molecular flexibility index (Phi) is 4.45. The number of nitrogens with zero attached hydrogens (tertiary/aromatic N) is 2. The van der Waals surface area contributed by atoms with E-state index in [4.69, 9.17) is 11.6 Å². The molecule has 0 amide bonds. The first kappa shape index (κ1) is 15.0. The van der Waals surface area contributed by atoms with Crippen LogP contribution in [0.1, 0.15) is 32.2 Å². The van der Waals surface area contributed by atoms with Crippen molar-refractivity contribution in [3.63, 3.8) is 0 Å². The number of hydrogen-bond acceptors (Lipinski definition) is 2. The lowest BCUT2D eigenvalue weighted by atomic mass is 10.1. The molecule has 0 aliphatic heterocycles. The molecule has 0 aliphatic rings. The van der Waals surface area contributed by atoms with Crippen LogP contribution in [0.15, 0.2) is 30.6 Å². The van der Waals surface area contributed by atoms with Crippen molar-refractivity contribution in [2.45, 2.75) is 39.4 Å². The van der Waals surface area contributed by atoms with E-state index in [0.717, 1.165) is 11.4 Å². The molecule has 5 heteroatoms. The Morgan fingerprint density at radius 3 is 2.80 bits per heavy atom. The quantitative estimate of drug-likeness (QED) is 0.934. The van der Waals surface area contributed by atoms with Gasteiger partial charge in [0.1, 0.15) is 11.6 Å². The number of nitrogens with one attached hydrogen (secondary N) is 1. The summed E-state index contributed by atoms with van der Waals surface area (Å²) in [5, 5.41) is 3.56. The van der Waals surface area contributed by atoms with E-state index >= 15 is 0 Å². The van der Waals surface area contributed by atoms with Crippen LogP contribution in [0.2, 0.25) is 5.02 Å². The van der Waals surface area contributed by atoms with Gasteiger partial charge in [0, 0.05) is 17.9 Å². The molecule has 0 bridgehead atoms. The first-order chi connectivity index (χ1) is 9.37. The Labute approximate surface area is 123 Å². The molecule has 0 fully saturated rings. The molecule has 3 nitrogen and oxygen atoms in total. The number of aromatic nitrogens is 2. The molecular formula is C15H19ClFN3. The maximum Gasteiger partial charge on any atom is 0.142 e. The molecular weight excluding hydrogens is 277 g/mol. The van der Waals surface area contributed by atoms with Crippen molar-refractivity contribution < 1.29 is 4.39 Å². The summed E-state index contributed by atoms with van der Waals surface area (Å²) in [6.07, 6.45) is 3.62. The van der Waals surface area contributed by atoms with Gasteiger partial charge in [-0.2, -0.15) is 0 Å². The van der Waals surface area contributed by atoms with Gasteiger partial charge >= 0.3 is 0 Å². The molecule has 1 aromatic heterocycles. The molecule has 0 unspecified atom stereocenters. The van der Waals surface area contributed by atoms with Crippen LogP contribution < -0.4 is 5.32 Å². The van der Waals surface area contributed by atoms with Crippen LogP contribution in [0.4, 0.5) is 4.39 Å². The Morgan fingerprint density at radius 2 is 2.10 bits per heavy atom. The summed E-state index contributed by atoms with van der Waals surface area (Å²) in [4.78, 5) is 4.33. The summed E-state index contributed by atoms with van der Waals surface area (Å²) < 4.78 is 15.4. The van der Waals surface area contributed by atoms with Gasteiger partial charge in [-0.25, -0.2) is 9.37 Å². The van der Waals surface area contributed by atoms with E-state index in [2.05, 4.69) is 31.1 Å². The molecule has 0 saturated heterocycles. The summed E-state index contributed by atoms with van der Waals surface area (Å²) in [6.45, 7) is 7.47. The minimum Gasteiger partial charge on any atom is -0.329 e. The molecule has 0 radical (unpaired) electrons. The van der Waals surface area contributed by atoms with Gasteiger partial charge in [0.2, 0.25) is 0 Å². The smallest absolute Gasteiger partial charge is 0.142 e. The second-order valence-electron chi connectivity index (χ2n) is 5.79. The third-order valence-corrected chi connectivity index (χ3v) is 3.37. The van der Waals surface area contributed by atoms with Gasteiger partial charge in [-0.05, 0) is 32.4 Å². The van der Waals surface area contributed by atoms with Gasteiger partial charge in [0.05, 0.1) is 18.1 Å². The summed E-state index contributed by atoms with van der Waals surface area (Å²) in [6, 6.07) is 4.86. The summed E-state index contributed by atoms with van der Waals surface area (Å²) >= 11 is 5.99. The van der Waals surface area contributed by atoms with E-state index in [0.29, 0.717) is 13.1 Å². The summed E-state index contributed by atoms with van der Waals surface area (Å²) in [7, 11) is 0. The standard InChI is InChI=1S/C15H19ClFN3/c1-15(2,3)19-9-13-18-7-8-20(13)10-11-5-4-6-12(17)14(11)16/h4-8,19H,9-10H2,1-3H3. The van der Waals surface area contributed by atoms with Gasteiger partial charge in [0.25, 0.3) is 0 Å². The molecule has 0 saturated carbocycles. The normalized spacial score (nSPS) is 11.8. The molecule has 0 aliphatic carbocycles. The lowest BCUT2D eigenvalue weighted by Crippen LogP contribution is -2.36. The number of imidazole rings is 1. The Bertz CT molecular complexity index is 587. The van der Waals surface area contributed by atoms with Crippen LogP contribution in [-0.4, -0.2) is 15.1 Å². The number of benzene rings is 1. The van der Waals surface area contributed by atoms with Crippen molar-refractivity contribution in [1.82, 2.24) is 14.9 Å². The predicted molar refractivity (Wildman–Crippen MR) is 79.3 cm³/mol. The molecule has 1 heterocycles. The van der Waals surface area contributed by atoms with E-state index in [1.807, 2.05) is 16.8 Å². The lowest BCUT2D eigenvalue weighted by molar-refractivity contribution is 0.413. The van der Waals surface area contributed by atoms with Gasteiger partial charge < -0.3 is 9.88 Å². The minimum absolute atomic E-state index is 0.0211. The molecule has 1 aromatic carbocycles.